The zero-order valence-electron chi connectivity index (χ0n) is 8.43. The lowest BCUT2D eigenvalue weighted by atomic mass is 10.1. The van der Waals surface area contributed by atoms with Crippen molar-refractivity contribution in [3.8, 4) is 0 Å². The lowest BCUT2D eigenvalue weighted by molar-refractivity contribution is -0.122. The Morgan fingerprint density at radius 3 is 2.87 bits per heavy atom. The zero-order chi connectivity index (χ0) is 11.3. The molecule has 0 bridgehead atoms. The van der Waals surface area contributed by atoms with Crippen molar-refractivity contribution in [3.05, 3.63) is 34.6 Å². The standard InChI is InChI=1S/C11H12ClFO2/c1-15-7-9(14)4-2-8-3-5-10(12)11(13)6-8/h3,5-6H,2,4,7H2,1H3. The van der Waals surface area contributed by atoms with Crippen LogP contribution in [0.5, 0.6) is 0 Å². The van der Waals surface area contributed by atoms with E-state index in [0.717, 1.165) is 5.56 Å². The molecule has 0 radical (unpaired) electrons. The number of halogens is 2. The van der Waals surface area contributed by atoms with Crippen molar-refractivity contribution in [1.82, 2.24) is 0 Å². The molecule has 0 aromatic heterocycles. The molecule has 0 aliphatic carbocycles. The van der Waals surface area contributed by atoms with Gasteiger partial charge < -0.3 is 4.74 Å². The van der Waals surface area contributed by atoms with Crippen LogP contribution < -0.4 is 0 Å². The molecule has 0 spiro atoms. The summed E-state index contributed by atoms with van der Waals surface area (Å²) in [6.07, 6.45) is 0.866. The molecule has 2 nitrogen and oxygen atoms in total. The Morgan fingerprint density at radius 1 is 1.53 bits per heavy atom. The highest BCUT2D eigenvalue weighted by molar-refractivity contribution is 6.30. The molecular formula is C11H12ClFO2. The Bertz CT molecular complexity index is 352. The minimum atomic E-state index is -0.451. The van der Waals surface area contributed by atoms with E-state index in [4.69, 9.17) is 16.3 Å². The van der Waals surface area contributed by atoms with Gasteiger partial charge in [-0.1, -0.05) is 17.7 Å². The Labute approximate surface area is 93.0 Å². The zero-order valence-corrected chi connectivity index (χ0v) is 9.18. The topological polar surface area (TPSA) is 26.3 Å². The van der Waals surface area contributed by atoms with Crippen LogP contribution in [0.2, 0.25) is 5.02 Å². The van der Waals surface area contributed by atoms with E-state index in [9.17, 15) is 9.18 Å². The van der Waals surface area contributed by atoms with Crippen LogP contribution in [-0.2, 0) is 16.0 Å². The second-order valence-electron chi connectivity index (χ2n) is 3.22. The quantitative estimate of drug-likeness (QED) is 0.777. The monoisotopic (exact) mass is 230 g/mol. The first-order chi connectivity index (χ1) is 7.13. The fourth-order valence-corrected chi connectivity index (χ4v) is 1.33. The largest absolute Gasteiger partial charge is 0.377 e. The third-order valence-corrected chi connectivity index (χ3v) is 2.29. The summed E-state index contributed by atoms with van der Waals surface area (Å²) in [5.41, 5.74) is 0.765. The summed E-state index contributed by atoms with van der Waals surface area (Å²) in [6, 6.07) is 4.56. The number of methoxy groups -OCH3 is 1. The van der Waals surface area contributed by atoms with E-state index in [0.29, 0.717) is 12.8 Å². The highest BCUT2D eigenvalue weighted by atomic mass is 35.5. The van der Waals surface area contributed by atoms with Gasteiger partial charge in [-0.25, -0.2) is 4.39 Å². The minimum Gasteiger partial charge on any atom is -0.377 e. The summed E-state index contributed by atoms with van der Waals surface area (Å²) < 4.78 is 17.7. The highest BCUT2D eigenvalue weighted by Crippen LogP contribution is 2.16. The van der Waals surface area contributed by atoms with Gasteiger partial charge in [-0.05, 0) is 24.1 Å². The summed E-state index contributed by atoms with van der Waals surface area (Å²) in [4.78, 5) is 11.1. The van der Waals surface area contributed by atoms with Gasteiger partial charge in [0.25, 0.3) is 0 Å². The molecule has 0 fully saturated rings. The number of hydrogen-bond donors (Lipinski definition) is 0. The van der Waals surface area contributed by atoms with Gasteiger partial charge in [-0.2, -0.15) is 0 Å². The van der Waals surface area contributed by atoms with E-state index in [1.807, 2.05) is 0 Å². The Morgan fingerprint density at radius 2 is 2.27 bits per heavy atom. The number of ketones is 1. The van der Waals surface area contributed by atoms with Gasteiger partial charge in [0.05, 0.1) is 5.02 Å². The van der Waals surface area contributed by atoms with Crippen LogP contribution in [0.15, 0.2) is 18.2 Å². The molecule has 1 rings (SSSR count). The van der Waals surface area contributed by atoms with E-state index in [1.54, 1.807) is 6.07 Å². The molecule has 4 heteroatoms. The fraction of sp³-hybridized carbons (Fsp3) is 0.364. The number of carbonyl (C=O) groups excluding carboxylic acids is 1. The van der Waals surface area contributed by atoms with Crippen molar-refractivity contribution in [3.63, 3.8) is 0 Å². The summed E-state index contributed by atoms with van der Waals surface area (Å²) in [5, 5.41) is 0.0990. The van der Waals surface area contributed by atoms with Gasteiger partial charge in [-0.15, -0.1) is 0 Å². The average Bonchev–Trinajstić information content (AvgIpc) is 2.20. The van der Waals surface area contributed by atoms with Gasteiger partial charge in [0.15, 0.2) is 5.78 Å². The molecule has 0 aliphatic rings. The number of rotatable bonds is 5. The molecule has 1 aromatic carbocycles. The Balaban J connectivity index is 2.51. The van der Waals surface area contributed by atoms with E-state index in [2.05, 4.69) is 0 Å². The number of hydrogen-bond acceptors (Lipinski definition) is 2. The number of benzene rings is 1. The van der Waals surface area contributed by atoms with Gasteiger partial charge in [0.1, 0.15) is 12.4 Å². The fourth-order valence-electron chi connectivity index (χ4n) is 1.21. The molecular weight excluding hydrogens is 219 g/mol. The van der Waals surface area contributed by atoms with Crippen LogP contribution in [-0.4, -0.2) is 19.5 Å². The van der Waals surface area contributed by atoms with Crippen molar-refractivity contribution in [2.45, 2.75) is 12.8 Å². The third kappa shape index (κ3) is 3.98. The Hall–Kier alpha value is -0.930. The first-order valence-corrected chi connectivity index (χ1v) is 4.96. The third-order valence-electron chi connectivity index (χ3n) is 1.98. The molecule has 1 aromatic rings. The predicted octanol–water partition coefficient (Wildman–Crippen LogP) is 2.63. The van der Waals surface area contributed by atoms with Crippen molar-refractivity contribution in [2.24, 2.45) is 0 Å². The molecule has 0 N–H and O–H groups in total. The molecule has 0 amide bonds. The summed E-state index contributed by atoms with van der Waals surface area (Å²) >= 11 is 5.53. The number of Topliss-reactive ketones (excluding diaryl/α,β-unsaturated/α-hetero) is 1. The molecule has 0 heterocycles. The number of carbonyl (C=O) groups is 1. The van der Waals surface area contributed by atoms with E-state index in [-0.39, 0.29) is 17.4 Å². The summed E-state index contributed by atoms with van der Waals surface area (Å²) in [6.45, 7) is 0.107. The molecule has 0 unspecified atom stereocenters. The van der Waals surface area contributed by atoms with Crippen molar-refractivity contribution < 1.29 is 13.9 Å². The normalized spacial score (nSPS) is 10.3. The number of ether oxygens (including phenoxy) is 1. The minimum absolute atomic E-state index is 0.00728. The van der Waals surface area contributed by atoms with Crippen molar-refractivity contribution >= 4 is 17.4 Å². The predicted molar refractivity (Wildman–Crippen MR) is 56.6 cm³/mol. The first-order valence-electron chi connectivity index (χ1n) is 4.58. The van der Waals surface area contributed by atoms with Crippen LogP contribution >= 0.6 is 11.6 Å². The molecule has 0 saturated carbocycles. The molecule has 82 valence electrons. The van der Waals surface area contributed by atoms with Gasteiger partial charge in [-0.3, -0.25) is 4.79 Å². The van der Waals surface area contributed by atoms with Gasteiger partial charge >= 0.3 is 0 Å². The highest BCUT2D eigenvalue weighted by Gasteiger charge is 2.04. The van der Waals surface area contributed by atoms with E-state index < -0.39 is 5.82 Å². The SMILES string of the molecule is COCC(=O)CCc1ccc(Cl)c(F)c1. The average molecular weight is 231 g/mol. The van der Waals surface area contributed by atoms with E-state index in [1.165, 1.54) is 19.2 Å². The second-order valence-corrected chi connectivity index (χ2v) is 3.63. The van der Waals surface area contributed by atoms with Gasteiger partial charge in [0.2, 0.25) is 0 Å². The van der Waals surface area contributed by atoms with Crippen molar-refractivity contribution in [2.75, 3.05) is 13.7 Å². The van der Waals surface area contributed by atoms with Gasteiger partial charge in [0, 0.05) is 13.5 Å². The maximum atomic E-state index is 13.0. The molecule has 0 aliphatic heterocycles. The molecule has 0 saturated heterocycles. The van der Waals surface area contributed by atoms with E-state index >= 15 is 0 Å². The second kappa shape index (κ2) is 5.83. The van der Waals surface area contributed by atoms with Crippen LogP contribution in [0, 0.1) is 5.82 Å². The van der Waals surface area contributed by atoms with Crippen LogP contribution in [0.3, 0.4) is 0 Å². The van der Waals surface area contributed by atoms with Crippen molar-refractivity contribution in [1.29, 1.82) is 0 Å². The number of aryl methyl sites for hydroxylation is 1. The summed E-state index contributed by atoms with van der Waals surface area (Å²) in [5.74, 6) is -0.443. The first kappa shape index (κ1) is 12.1. The smallest absolute Gasteiger partial charge is 0.158 e. The van der Waals surface area contributed by atoms with Crippen LogP contribution in [0.1, 0.15) is 12.0 Å². The lowest BCUT2D eigenvalue weighted by Crippen LogP contribution is -2.07. The molecule has 0 atom stereocenters. The lowest BCUT2D eigenvalue weighted by Gasteiger charge is -2.02. The Kier molecular flexibility index (Phi) is 4.72. The molecule has 15 heavy (non-hydrogen) atoms. The van der Waals surface area contributed by atoms with Crippen LogP contribution in [0.4, 0.5) is 4.39 Å². The van der Waals surface area contributed by atoms with Crippen LogP contribution in [0.25, 0.3) is 0 Å². The summed E-state index contributed by atoms with van der Waals surface area (Å²) in [7, 11) is 1.47. The maximum Gasteiger partial charge on any atom is 0.158 e. The maximum absolute atomic E-state index is 13.0.